The summed E-state index contributed by atoms with van der Waals surface area (Å²) < 4.78 is 15.3. The molecule has 4 nitrogen and oxygen atoms in total. The lowest BCUT2D eigenvalue weighted by atomic mass is 10.1. The van der Waals surface area contributed by atoms with Crippen molar-refractivity contribution in [2.45, 2.75) is 6.04 Å². The first kappa shape index (κ1) is 11.8. The molecular formula is C11H17NO3. The molecule has 84 valence electrons. The van der Waals surface area contributed by atoms with Gasteiger partial charge in [0.1, 0.15) is 0 Å². The monoisotopic (exact) mass is 211 g/mol. The van der Waals surface area contributed by atoms with Crippen LogP contribution in [0.15, 0.2) is 18.2 Å². The zero-order chi connectivity index (χ0) is 11.3. The van der Waals surface area contributed by atoms with E-state index in [1.54, 1.807) is 21.3 Å². The van der Waals surface area contributed by atoms with Gasteiger partial charge in [0.25, 0.3) is 0 Å². The van der Waals surface area contributed by atoms with Crippen LogP contribution < -0.4 is 15.2 Å². The summed E-state index contributed by atoms with van der Waals surface area (Å²) in [4.78, 5) is 0. The van der Waals surface area contributed by atoms with E-state index < -0.39 is 0 Å². The third-order valence-electron chi connectivity index (χ3n) is 2.18. The van der Waals surface area contributed by atoms with Crippen LogP contribution in [0.5, 0.6) is 11.5 Å². The third kappa shape index (κ3) is 2.84. The first-order valence-electron chi connectivity index (χ1n) is 4.69. The van der Waals surface area contributed by atoms with E-state index in [0.717, 1.165) is 5.56 Å². The van der Waals surface area contributed by atoms with Gasteiger partial charge in [0.15, 0.2) is 11.5 Å². The van der Waals surface area contributed by atoms with Gasteiger partial charge in [-0.2, -0.15) is 0 Å². The Hall–Kier alpha value is -1.26. The number of benzene rings is 1. The van der Waals surface area contributed by atoms with Gasteiger partial charge in [0.05, 0.1) is 26.9 Å². The number of hydrogen-bond donors (Lipinski definition) is 1. The highest BCUT2D eigenvalue weighted by atomic mass is 16.5. The Labute approximate surface area is 89.9 Å². The lowest BCUT2D eigenvalue weighted by molar-refractivity contribution is 0.181. The summed E-state index contributed by atoms with van der Waals surface area (Å²) in [5.41, 5.74) is 6.87. The van der Waals surface area contributed by atoms with Crippen molar-refractivity contribution < 1.29 is 14.2 Å². The van der Waals surface area contributed by atoms with E-state index in [0.29, 0.717) is 18.1 Å². The average molecular weight is 211 g/mol. The Balaban J connectivity index is 2.92. The molecule has 0 aliphatic carbocycles. The number of methoxy groups -OCH3 is 3. The van der Waals surface area contributed by atoms with Crippen molar-refractivity contribution in [2.24, 2.45) is 5.73 Å². The molecular weight excluding hydrogens is 194 g/mol. The fraction of sp³-hybridized carbons (Fsp3) is 0.455. The van der Waals surface area contributed by atoms with Crippen LogP contribution in [-0.4, -0.2) is 27.9 Å². The lowest BCUT2D eigenvalue weighted by Crippen LogP contribution is -2.16. The van der Waals surface area contributed by atoms with Gasteiger partial charge in [0, 0.05) is 7.11 Å². The van der Waals surface area contributed by atoms with E-state index in [1.165, 1.54) is 0 Å². The Bertz CT molecular complexity index is 315. The zero-order valence-corrected chi connectivity index (χ0v) is 9.32. The summed E-state index contributed by atoms with van der Waals surface area (Å²) in [6.07, 6.45) is 0. The minimum absolute atomic E-state index is 0.144. The average Bonchev–Trinajstić information content (AvgIpc) is 2.28. The number of nitrogens with two attached hydrogens (primary N) is 1. The van der Waals surface area contributed by atoms with E-state index in [4.69, 9.17) is 19.9 Å². The zero-order valence-electron chi connectivity index (χ0n) is 9.32. The smallest absolute Gasteiger partial charge is 0.161 e. The Morgan fingerprint density at radius 3 is 2.33 bits per heavy atom. The van der Waals surface area contributed by atoms with Crippen molar-refractivity contribution in [1.82, 2.24) is 0 Å². The van der Waals surface area contributed by atoms with Gasteiger partial charge in [0.2, 0.25) is 0 Å². The fourth-order valence-corrected chi connectivity index (χ4v) is 1.36. The molecule has 1 atom stereocenters. The normalized spacial score (nSPS) is 12.3. The molecule has 0 saturated carbocycles. The van der Waals surface area contributed by atoms with Crippen LogP contribution in [0.25, 0.3) is 0 Å². The van der Waals surface area contributed by atoms with Crippen molar-refractivity contribution in [3.05, 3.63) is 23.8 Å². The lowest BCUT2D eigenvalue weighted by Gasteiger charge is -2.14. The Morgan fingerprint density at radius 2 is 1.80 bits per heavy atom. The first-order chi connectivity index (χ1) is 7.22. The van der Waals surface area contributed by atoms with Crippen LogP contribution in [0.3, 0.4) is 0 Å². The standard InChI is InChI=1S/C11H17NO3/c1-13-7-9(12)8-4-5-10(14-2)11(6-8)15-3/h4-6,9H,7,12H2,1-3H3. The van der Waals surface area contributed by atoms with Crippen LogP contribution >= 0.6 is 0 Å². The highest BCUT2D eigenvalue weighted by molar-refractivity contribution is 5.43. The molecule has 0 saturated heterocycles. The molecule has 0 spiro atoms. The van der Waals surface area contributed by atoms with Crippen molar-refractivity contribution in [3.8, 4) is 11.5 Å². The molecule has 4 heteroatoms. The topological polar surface area (TPSA) is 53.7 Å². The molecule has 0 heterocycles. The summed E-state index contributed by atoms with van der Waals surface area (Å²) in [7, 11) is 4.83. The van der Waals surface area contributed by atoms with Crippen molar-refractivity contribution in [2.75, 3.05) is 27.9 Å². The molecule has 0 aliphatic rings. The van der Waals surface area contributed by atoms with Crippen LogP contribution in [0.4, 0.5) is 0 Å². The second kappa shape index (κ2) is 5.58. The van der Waals surface area contributed by atoms with Crippen molar-refractivity contribution >= 4 is 0 Å². The molecule has 2 N–H and O–H groups in total. The van der Waals surface area contributed by atoms with Gasteiger partial charge < -0.3 is 19.9 Å². The molecule has 0 radical (unpaired) electrons. The first-order valence-corrected chi connectivity index (χ1v) is 4.69. The number of rotatable bonds is 5. The van der Waals surface area contributed by atoms with Gasteiger partial charge in [-0.05, 0) is 17.7 Å². The second-order valence-corrected chi connectivity index (χ2v) is 3.18. The summed E-state index contributed by atoms with van der Waals surface area (Å²) in [5, 5.41) is 0. The van der Waals surface area contributed by atoms with Gasteiger partial charge in [-0.15, -0.1) is 0 Å². The second-order valence-electron chi connectivity index (χ2n) is 3.18. The van der Waals surface area contributed by atoms with E-state index in [-0.39, 0.29) is 6.04 Å². The third-order valence-corrected chi connectivity index (χ3v) is 2.18. The highest BCUT2D eigenvalue weighted by Crippen LogP contribution is 2.29. The van der Waals surface area contributed by atoms with Crippen molar-refractivity contribution in [3.63, 3.8) is 0 Å². The molecule has 1 unspecified atom stereocenters. The minimum atomic E-state index is -0.144. The maximum Gasteiger partial charge on any atom is 0.161 e. The molecule has 0 fully saturated rings. The van der Waals surface area contributed by atoms with Gasteiger partial charge in [-0.3, -0.25) is 0 Å². The quantitative estimate of drug-likeness (QED) is 0.798. The molecule has 0 aliphatic heterocycles. The van der Waals surface area contributed by atoms with Gasteiger partial charge >= 0.3 is 0 Å². The number of ether oxygens (including phenoxy) is 3. The summed E-state index contributed by atoms with van der Waals surface area (Å²) in [6, 6.07) is 5.46. The molecule has 15 heavy (non-hydrogen) atoms. The van der Waals surface area contributed by atoms with E-state index >= 15 is 0 Å². The Morgan fingerprint density at radius 1 is 1.13 bits per heavy atom. The van der Waals surface area contributed by atoms with Crippen LogP contribution in [-0.2, 0) is 4.74 Å². The van der Waals surface area contributed by atoms with Crippen LogP contribution in [0.1, 0.15) is 11.6 Å². The fourth-order valence-electron chi connectivity index (χ4n) is 1.36. The highest BCUT2D eigenvalue weighted by Gasteiger charge is 2.09. The maximum atomic E-state index is 5.90. The molecule has 0 aromatic heterocycles. The summed E-state index contributed by atoms with van der Waals surface area (Å²) in [6.45, 7) is 0.482. The molecule has 1 aromatic carbocycles. The molecule has 0 amide bonds. The molecule has 1 aromatic rings. The van der Waals surface area contributed by atoms with Gasteiger partial charge in [-0.25, -0.2) is 0 Å². The van der Waals surface area contributed by atoms with Crippen LogP contribution in [0.2, 0.25) is 0 Å². The summed E-state index contributed by atoms with van der Waals surface area (Å²) >= 11 is 0. The van der Waals surface area contributed by atoms with E-state index in [2.05, 4.69) is 0 Å². The predicted octanol–water partition coefficient (Wildman–Crippen LogP) is 1.35. The maximum absolute atomic E-state index is 5.90. The van der Waals surface area contributed by atoms with Gasteiger partial charge in [-0.1, -0.05) is 6.07 Å². The molecule has 0 bridgehead atoms. The minimum Gasteiger partial charge on any atom is -0.493 e. The Kier molecular flexibility index (Phi) is 4.39. The van der Waals surface area contributed by atoms with E-state index in [1.807, 2.05) is 18.2 Å². The number of hydrogen-bond acceptors (Lipinski definition) is 4. The van der Waals surface area contributed by atoms with Crippen LogP contribution in [0, 0.1) is 0 Å². The predicted molar refractivity (Wildman–Crippen MR) is 58.4 cm³/mol. The molecule has 1 rings (SSSR count). The van der Waals surface area contributed by atoms with Crippen molar-refractivity contribution in [1.29, 1.82) is 0 Å². The van der Waals surface area contributed by atoms with E-state index in [9.17, 15) is 0 Å². The largest absolute Gasteiger partial charge is 0.493 e. The summed E-state index contributed by atoms with van der Waals surface area (Å²) in [5.74, 6) is 1.38. The SMILES string of the molecule is COCC(N)c1ccc(OC)c(OC)c1.